The van der Waals surface area contributed by atoms with Crippen molar-refractivity contribution in [2.24, 2.45) is 5.92 Å². The number of halogens is 1. The number of carbonyl (C=O) groups is 1. The second-order valence-electron chi connectivity index (χ2n) is 4.25. The number of rotatable bonds is 6. The van der Waals surface area contributed by atoms with Gasteiger partial charge in [-0.3, -0.25) is 14.9 Å². The zero-order valence-corrected chi connectivity index (χ0v) is 11.2. The minimum atomic E-state index is -0.471. The summed E-state index contributed by atoms with van der Waals surface area (Å²) in [6.07, 6.45) is 0.375. The molecule has 0 N–H and O–H groups in total. The maximum Gasteiger partial charge on any atom is 0.211 e. The average Bonchev–Trinajstić information content (AvgIpc) is 2.35. The Labute approximate surface area is 111 Å². The second kappa shape index (κ2) is 6.50. The van der Waals surface area contributed by atoms with E-state index < -0.39 is 16.8 Å². The highest BCUT2D eigenvalue weighted by Gasteiger charge is 2.30. The van der Waals surface area contributed by atoms with Crippen LogP contribution in [-0.2, 0) is 4.79 Å². The first-order chi connectivity index (χ1) is 8.47. The van der Waals surface area contributed by atoms with Gasteiger partial charge < -0.3 is 0 Å². The first-order valence-electron chi connectivity index (χ1n) is 5.86. The lowest BCUT2D eigenvalue weighted by Crippen LogP contribution is -2.25. The molecule has 0 radical (unpaired) electrons. The molecule has 1 aromatic carbocycles. The van der Waals surface area contributed by atoms with Crippen LogP contribution in [-0.4, -0.2) is 17.3 Å². The van der Waals surface area contributed by atoms with E-state index in [9.17, 15) is 14.9 Å². The van der Waals surface area contributed by atoms with Crippen LogP contribution in [0.1, 0.15) is 31.7 Å². The second-order valence-corrected chi connectivity index (χ2v) is 4.66. The maximum absolute atomic E-state index is 11.8. The summed E-state index contributed by atoms with van der Waals surface area (Å²) < 4.78 is 0. The van der Waals surface area contributed by atoms with Gasteiger partial charge in [-0.15, -0.1) is 0 Å². The van der Waals surface area contributed by atoms with E-state index in [1.807, 2.05) is 0 Å². The van der Waals surface area contributed by atoms with Crippen molar-refractivity contribution in [3.8, 4) is 0 Å². The fourth-order valence-corrected chi connectivity index (χ4v) is 2.28. The molecule has 1 aromatic rings. The van der Waals surface area contributed by atoms with Gasteiger partial charge >= 0.3 is 0 Å². The number of benzene rings is 1. The monoisotopic (exact) mass is 269 g/mol. The number of carbonyl (C=O) groups excluding carboxylic acids is 1. The van der Waals surface area contributed by atoms with Crippen LogP contribution >= 0.6 is 11.6 Å². The van der Waals surface area contributed by atoms with Gasteiger partial charge in [0.25, 0.3) is 0 Å². The van der Waals surface area contributed by atoms with E-state index >= 15 is 0 Å². The molecule has 0 fully saturated rings. The molecule has 0 aliphatic carbocycles. The molecule has 2 atom stereocenters. The molecule has 0 saturated carbocycles. The third-order valence-corrected chi connectivity index (χ3v) is 3.45. The zero-order valence-electron chi connectivity index (χ0n) is 10.4. The van der Waals surface area contributed by atoms with Gasteiger partial charge in [0.1, 0.15) is 5.78 Å². The van der Waals surface area contributed by atoms with Crippen molar-refractivity contribution in [3.63, 3.8) is 0 Å². The molecule has 0 spiro atoms. The molecule has 1 rings (SSSR count). The molecule has 0 aliphatic heterocycles. The fraction of sp³-hybridized carbons (Fsp3) is 0.462. The Bertz CT molecular complexity index is 448. The number of hydrogen-bond acceptors (Lipinski definition) is 3. The zero-order chi connectivity index (χ0) is 13.7. The maximum atomic E-state index is 11.8. The van der Waals surface area contributed by atoms with Crippen LogP contribution in [0.3, 0.4) is 0 Å². The quantitative estimate of drug-likeness (QED) is 0.588. The minimum absolute atomic E-state index is 0.0155. The van der Waals surface area contributed by atoms with Gasteiger partial charge in [-0.1, -0.05) is 43.6 Å². The molecular formula is C13H16ClNO3. The number of Topliss-reactive ketones (excluding diaryl/α,β-unsaturated/α-hetero) is 1. The van der Waals surface area contributed by atoms with E-state index in [-0.39, 0.29) is 12.3 Å². The lowest BCUT2D eigenvalue weighted by molar-refractivity contribution is -0.484. The van der Waals surface area contributed by atoms with Crippen molar-refractivity contribution in [2.75, 3.05) is 6.54 Å². The summed E-state index contributed by atoms with van der Waals surface area (Å²) >= 11 is 6.06. The van der Waals surface area contributed by atoms with Gasteiger partial charge in [0, 0.05) is 22.3 Å². The van der Waals surface area contributed by atoms with Gasteiger partial charge in [-0.25, -0.2) is 0 Å². The molecule has 98 valence electrons. The molecule has 0 bridgehead atoms. The average molecular weight is 270 g/mol. The first kappa shape index (κ1) is 14.6. The Hall–Kier alpha value is -1.42. The van der Waals surface area contributed by atoms with Gasteiger partial charge in [0.05, 0.1) is 5.92 Å². The van der Waals surface area contributed by atoms with Crippen LogP contribution in [0.5, 0.6) is 0 Å². The number of ketones is 1. The number of nitro groups is 1. The normalized spacial score (nSPS) is 13.9. The Morgan fingerprint density at radius 2 is 2.06 bits per heavy atom. The van der Waals surface area contributed by atoms with Crippen LogP contribution in [0.25, 0.3) is 0 Å². The predicted molar refractivity (Wildman–Crippen MR) is 70.5 cm³/mol. The van der Waals surface area contributed by atoms with E-state index in [0.29, 0.717) is 17.0 Å². The van der Waals surface area contributed by atoms with E-state index in [1.165, 1.54) is 0 Å². The molecule has 0 aromatic heterocycles. The highest BCUT2D eigenvalue weighted by molar-refractivity contribution is 6.31. The summed E-state index contributed by atoms with van der Waals surface area (Å²) in [5.41, 5.74) is 0.671. The highest BCUT2D eigenvalue weighted by atomic mass is 35.5. The molecule has 0 saturated heterocycles. The molecular weight excluding hydrogens is 254 g/mol. The van der Waals surface area contributed by atoms with Crippen molar-refractivity contribution in [1.29, 1.82) is 0 Å². The van der Waals surface area contributed by atoms with Gasteiger partial charge in [0.2, 0.25) is 6.54 Å². The topological polar surface area (TPSA) is 60.2 Å². The Kier molecular flexibility index (Phi) is 5.28. The van der Waals surface area contributed by atoms with Crippen LogP contribution in [0.4, 0.5) is 0 Å². The van der Waals surface area contributed by atoms with Crippen molar-refractivity contribution in [2.45, 2.75) is 26.2 Å². The molecule has 0 aliphatic rings. The molecule has 5 heteroatoms. The molecule has 4 nitrogen and oxygen atoms in total. The van der Waals surface area contributed by atoms with Crippen LogP contribution < -0.4 is 0 Å². The van der Waals surface area contributed by atoms with Gasteiger partial charge in [-0.05, 0) is 11.6 Å². The minimum Gasteiger partial charge on any atom is -0.299 e. The summed E-state index contributed by atoms with van der Waals surface area (Å²) in [5, 5.41) is 11.2. The number of nitrogens with zero attached hydrogens (tertiary/aromatic N) is 1. The third-order valence-electron chi connectivity index (χ3n) is 3.11. The summed E-state index contributed by atoms with van der Waals surface area (Å²) in [4.78, 5) is 22.1. The number of hydrogen-bond donors (Lipinski definition) is 0. The Balaban J connectivity index is 3.09. The van der Waals surface area contributed by atoms with Crippen LogP contribution in [0.2, 0.25) is 5.02 Å². The van der Waals surface area contributed by atoms with Crippen LogP contribution in [0.15, 0.2) is 24.3 Å². The van der Waals surface area contributed by atoms with Crippen molar-refractivity contribution in [1.82, 2.24) is 0 Å². The summed E-state index contributed by atoms with van der Waals surface area (Å²) in [5.74, 6) is -0.858. The predicted octanol–water partition coefficient (Wildman–Crippen LogP) is 3.32. The molecule has 18 heavy (non-hydrogen) atoms. The van der Waals surface area contributed by atoms with E-state index in [1.54, 1.807) is 38.1 Å². The van der Waals surface area contributed by atoms with E-state index in [2.05, 4.69) is 0 Å². The molecule has 0 amide bonds. The van der Waals surface area contributed by atoms with Crippen molar-refractivity contribution < 1.29 is 9.72 Å². The molecule has 0 unspecified atom stereocenters. The lowest BCUT2D eigenvalue weighted by atomic mass is 9.84. The SMILES string of the molecule is CCC(=O)[C@@H](C)[C@@H](C[N+](=O)[O-])c1ccccc1Cl. The first-order valence-corrected chi connectivity index (χ1v) is 6.24. The van der Waals surface area contributed by atoms with Crippen LogP contribution in [0, 0.1) is 16.0 Å². The Morgan fingerprint density at radius 3 is 2.56 bits per heavy atom. The van der Waals surface area contributed by atoms with E-state index in [0.717, 1.165) is 0 Å². The Morgan fingerprint density at radius 1 is 1.44 bits per heavy atom. The van der Waals surface area contributed by atoms with Crippen molar-refractivity contribution in [3.05, 3.63) is 45.0 Å². The molecule has 0 heterocycles. The standard InChI is InChI=1S/C13H16ClNO3/c1-3-13(16)9(2)11(8-15(17)18)10-6-4-5-7-12(10)14/h4-7,9,11H,3,8H2,1-2H3/t9-,11+/m0/s1. The smallest absolute Gasteiger partial charge is 0.211 e. The van der Waals surface area contributed by atoms with Crippen molar-refractivity contribution >= 4 is 17.4 Å². The summed E-state index contributed by atoms with van der Waals surface area (Å²) in [7, 11) is 0. The highest BCUT2D eigenvalue weighted by Crippen LogP contribution is 2.31. The largest absolute Gasteiger partial charge is 0.299 e. The van der Waals surface area contributed by atoms with E-state index in [4.69, 9.17) is 11.6 Å². The lowest BCUT2D eigenvalue weighted by Gasteiger charge is -2.20. The summed E-state index contributed by atoms with van der Waals surface area (Å²) in [6.45, 7) is 3.20. The van der Waals surface area contributed by atoms with Gasteiger partial charge in [-0.2, -0.15) is 0 Å². The summed E-state index contributed by atoms with van der Waals surface area (Å²) in [6, 6.07) is 6.97. The van der Waals surface area contributed by atoms with Gasteiger partial charge in [0.15, 0.2) is 0 Å². The fourth-order valence-electron chi connectivity index (χ4n) is 2.01. The third kappa shape index (κ3) is 3.53.